The van der Waals surface area contributed by atoms with Gasteiger partial charge >= 0.3 is 0 Å². The van der Waals surface area contributed by atoms with E-state index in [0.717, 1.165) is 16.8 Å². The number of rotatable bonds is 5. The second-order valence-electron chi connectivity index (χ2n) is 6.44. The predicted molar refractivity (Wildman–Crippen MR) is 124 cm³/mol. The molecule has 0 unspecified atom stereocenters. The monoisotopic (exact) mass is 445 g/mol. The summed E-state index contributed by atoms with van der Waals surface area (Å²) in [5.41, 5.74) is 3.76. The van der Waals surface area contributed by atoms with Crippen molar-refractivity contribution in [3.05, 3.63) is 82.9 Å². The molecule has 0 saturated carbocycles. The molecule has 3 aromatic rings. The molecule has 0 radical (unpaired) electrons. The van der Waals surface area contributed by atoms with E-state index in [4.69, 9.17) is 23.8 Å². The van der Waals surface area contributed by atoms with E-state index in [1.54, 1.807) is 24.3 Å². The first-order chi connectivity index (χ1) is 13.8. The molecule has 0 aliphatic heterocycles. The average Bonchev–Trinajstić information content (AvgIpc) is 2.67. The van der Waals surface area contributed by atoms with Gasteiger partial charge in [0.25, 0.3) is 10.0 Å². The van der Waals surface area contributed by atoms with Crippen LogP contribution in [0.3, 0.4) is 0 Å². The zero-order valence-electron chi connectivity index (χ0n) is 15.9. The topological polar surface area (TPSA) is 70.2 Å². The summed E-state index contributed by atoms with van der Waals surface area (Å²) in [5.74, 6) is 0. The summed E-state index contributed by atoms with van der Waals surface area (Å²) < 4.78 is 27.8. The molecule has 0 aliphatic rings. The maximum atomic E-state index is 12.6. The molecule has 0 aliphatic carbocycles. The first-order valence-corrected chi connectivity index (χ1v) is 11.0. The summed E-state index contributed by atoms with van der Waals surface area (Å²) in [7, 11) is -3.68. The van der Waals surface area contributed by atoms with Crippen molar-refractivity contribution in [3.8, 4) is 0 Å². The number of halogens is 1. The lowest BCUT2D eigenvalue weighted by atomic mass is 10.2. The Bertz CT molecular complexity index is 1150. The van der Waals surface area contributed by atoms with E-state index in [1.807, 2.05) is 44.2 Å². The van der Waals surface area contributed by atoms with Crippen LogP contribution < -0.4 is 15.4 Å². The average molecular weight is 446 g/mol. The van der Waals surface area contributed by atoms with Gasteiger partial charge < -0.3 is 10.6 Å². The van der Waals surface area contributed by atoms with Gasteiger partial charge in [-0.3, -0.25) is 4.72 Å². The first kappa shape index (κ1) is 21.1. The Morgan fingerprint density at radius 1 is 0.862 bits per heavy atom. The van der Waals surface area contributed by atoms with E-state index in [2.05, 4.69) is 15.4 Å². The van der Waals surface area contributed by atoms with Crippen LogP contribution in [0, 0.1) is 13.8 Å². The Kier molecular flexibility index (Phi) is 6.42. The van der Waals surface area contributed by atoms with Crippen LogP contribution in [0.5, 0.6) is 0 Å². The minimum Gasteiger partial charge on any atom is -0.332 e. The van der Waals surface area contributed by atoms with Gasteiger partial charge in [-0.15, -0.1) is 0 Å². The molecule has 3 rings (SSSR count). The molecule has 150 valence electrons. The van der Waals surface area contributed by atoms with E-state index < -0.39 is 10.0 Å². The Morgan fingerprint density at radius 3 is 2.21 bits per heavy atom. The van der Waals surface area contributed by atoms with Gasteiger partial charge in [0.2, 0.25) is 0 Å². The van der Waals surface area contributed by atoms with Gasteiger partial charge in [0.1, 0.15) is 0 Å². The molecule has 0 bridgehead atoms. The van der Waals surface area contributed by atoms with Crippen molar-refractivity contribution >= 4 is 56.0 Å². The lowest BCUT2D eigenvalue weighted by Gasteiger charge is -2.14. The second kappa shape index (κ2) is 8.82. The van der Waals surface area contributed by atoms with Crippen LogP contribution in [-0.4, -0.2) is 13.5 Å². The van der Waals surface area contributed by atoms with Crippen molar-refractivity contribution in [2.45, 2.75) is 18.7 Å². The second-order valence-corrected chi connectivity index (χ2v) is 8.93. The highest BCUT2D eigenvalue weighted by Crippen LogP contribution is 2.24. The molecule has 0 fully saturated rings. The van der Waals surface area contributed by atoms with Crippen molar-refractivity contribution < 1.29 is 8.42 Å². The predicted octanol–water partition coefficient (Wildman–Crippen LogP) is 5.57. The Morgan fingerprint density at radius 2 is 1.52 bits per heavy atom. The van der Waals surface area contributed by atoms with Crippen LogP contribution in [-0.2, 0) is 10.0 Å². The van der Waals surface area contributed by atoms with Crippen LogP contribution >= 0.6 is 23.8 Å². The van der Waals surface area contributed by atoms with Crippen LogP contribution in [0.25, 0.3) is 0 Å². The fourth-order valence-electron chi connectivity index (χ4n) is 2.64. The quantitative estimate of drug-likeness (QED) is 0.448. The van der Waals surface area contributed by atoms with Gasteiger partial charge in [-0.25, -0.2) is 8.42 Å². The molecule has 3 aromatic carbocycles. The lowest BCUT2D eigenvalue weighted by molar-refractivity contribution is 0.601. The maximum Gasteiger partial charge on any atom is 0.261 e. The van der Waals surface area contributed by atoms with E-state index in [9.17, 15) is 8.42 Å². The molecule has 0 aromatic heterocycles. The number of hydrogen-bond donors (Lipinski definition) is 3. The van der Waals surface area contributed by atoms with E-state index in [-0.39, 0.29) is 4.90 Å². The molecule has 0 spiro atoms. The number of para-hydroxylation sites is 1. The Hall–Kier alpha value is -2.61. The third-order valence-electron chi connectivity index (χ3n) is 4.33. The zero-order valence-corrected chi connectivity index (χ0v) is 18.3. The van der Waals surface area contributed by atoms with Gasteiger partial charge in [0.05, 0.1) is 10.6 Å². The fraction of sp³-hybridized carbons (Fsp3) is 0.0952. The molecule has 0 atom stereocenters. The summed E-state index contributed by atoms with van der Waals surface area (Å²) in [4.78, 5) is 0.163. The molecule has 0 heterocycles. The number of anilines is 3. The fourth-order valence-corrected chi connectivity index (χ4v) is 4.17. The number of benzene rings is 3. The summed E-state index contributed by atoms with van der Waals surface area (Å²) in [6, 6.07) is 19.1. The summed E-state index contributed by atoms with van der Waals surface area (Å²) in [6.07, 6.45) is 0. The van der Waals surface area contributed by atoms with E-state index >= 15 is 0 Å². The molecule has 3 N–H and O–H groups in total. The highest BCUT2D eigenvalue weighted by atomic mass is 35.5. The highest BCUT2D eigenvalue weighted by molar-refractivity contribution is 7.92. The van der Waals surface area contributed by atoms with Crippen molar-refractivity contribution in [2.24, 2.45) is 0 Å². The number of sulfonamides is 1. The molecule has 8 heteroatoms. The third kappa shape index (κ3) is 5.26. The SMILES string of the molecule is Cc1ccccc1NS(=O)(=O)c1ccc(NC(=S)Nc2cccc(Cl)c2C)cc1. The summed E-state index contributed by atoms with van der Waals surface area (Å²) >= 11 is 11.5. The Balaban J connectivity index is 1.69. The summed E-state index contributed by atoms with van der Waals surface area (Å²) in [5, 5.41) is 7.15. The molecular formula is C21H20ClN3O2S2. The minimum atomic E-state index is -3.68. The maximum absolute atomic E-state index is 12.6. The summed E-state index contributed by atoms with van der Waals surface area (Å²) in [6.45, 7) is 3.74. The molecule has 0 amide bonds. The number of nitrogens with one attached hydrogen (secondary N) is 3. The highest BCUT2D eigenvalue weighted by Gasteiger charge is 2.15. The first-order valence-electron chi connectivity index (χ1n) is 8.78. The molecule has 0 saturated heterocycles. The van der Waals surface area contributed by atoms with Gasteiger partial charge in [-0.2, -0.15) is 0 Å². The van der Waals surface area contributed by atoms with Crippen molar-refractivity contribution in [1.82, 2.24) is 0 Å². The normalized spacial score (nSPS) is 11.0. The number of thiocarbonyl (C=S) groups is 1. The minimum absolute atomic E-state index is 0.163. The third-order valence-corrected chi connectivity index (χ3v) is 6.32. The largest absolute Gasteiger partial charge is 0.332 e. The smallest absolute Gasteiger partial charge is 0.261 e. The standard InChI is InChI=1S/C21H20ClN3O2S2/c1-14-6-3-4-8-19(14)25-29(26,27)17-12-10-16(11-13-17)23-21(28)24-20-9-5-7-18(22)15(20)2/h3-13,25H,1-2H3,(H2,23,24,28). The van der Waals surface area contributed by atoms with Gasteiger partial charge in [0, 0.05) is 16.4 Å². The molecular weight excluding hydrogens is 426 g/mol. The zero-order chi connectivity index (χ0) is 21.0. The van der Waals surface area contributed by atoms with Crippen LogP contribution in [0.15, 0.2) is 71.6 Å². The number of aryl methyl sites for hydroxylation is 1. The Labute approximate surface area is 181 Å². The molecule has 29 heavy (non-hydrogen) atoms. The van der Waals surface area contributed by atoms with Gasteiger partial charge in [0.15, 0.2) is 5.11 Å². The van der Waals surface area contributed by atoms with E-state index in [0.29, 0.717) is 21.5 Å². The van der Waals surface area contributed by atoms with Crippen LogP contribution in [0.2, 0.25) is 5.02 Å². The van der Waals surface area contributed by atoms with Crippen LogP contribution in [0.1, 0.15) is 11.1 Å². The van der Waals surface area contributed by atoms with Crippen molar-refractivity contribution in [1.29, 1.82) is 0 Å². The van der Waals surface area contributed by atoms with Gasteiger partial charge in [-0.1, -0.05) is 35.9 Å². The van der Waals surface area contributed by atoms with E-state index in [1.165, 1.54) is 12.1 Å². The number of hydrogen-bond acceptors (Lipinski definition) is 3. The lowest BCUT2D eigenvalue weighted by Crippen LogP contribution is -2.20. The van der Waals surface area contributed by atoms with Crippen LogP contribution in [0.4, 0.5) is 17.1 Å². The van der Waals surface area contributed by atoms with Crippen molar-refractivity contribution in [3.63, 3.8) is 0 Å². The van der Waals surface area contributed by atoms with Gasteiger partial charge in [-0.05, 0) is 79.7 Å². The van der Waals surface area contributed by atoms with Crippen molar-refractivity contribution in [2.75, 3.05) is 15.4 Å². The molecule has 5 nitrogen and oxygen atoms in total.